The summed E-state index contributed by atoms with van der Waals surface area (Å²) in [7, 11) is 0. The molecule has 1 N–H and O–H groups in total. The fourth-order valence-electron chi connectivity index (χ4n) is 2.79. The second-order valence-electron chi connectivity index (χ2n) is 5.17. The van der Waals surface area contributed by atoms with Crippen LogP contribution >= 0.6 is 27.5 Å². The Labute approximate surface area is 133 Å². The average molecular weight is 361 g/mol. The van der Waals surface area contributed by atoms with Crippen LogP contribution in [0.5, 0.6) is 0 Å². The molecule has 1 fully saturated rings. The fraction of sp³-hybridized carbons (Fsp3) is 0.533. The molecule has 0 heterocycles. The van der Waals surface area contributed by atoms with E-state index in [1.54, 1.807) is 23.1 Å². The van der Waals surface area contributed by atoms with Crippen LogP contribution < -0.4 is 0 Å². The highest BCUT2D eigenvalue weighted by Crippen LogP contribution is 2.26. The molecule has 0 spiro atoms. The molecule has 0 unspecified atom stereocenters. The van der Waals surface area contributed by atoms with Crippen LogP contribution in [-0.2, 0) is 0 Å². The molecule has 0 bridgehead atoms. The number of carbonyl (C=O) groups excluding carboxylic acids is 1. The highest BCUT2D eigenvalue weighted by atomic mass is 79.9. The highest BCUT2D eigenvalue weighted by molar-refractivity contribution is 9.10. The van der Waals surface area contributed by atoms with Gasteiger partial charge in [-0.15, -0.1) is 0 Å². The van der Waals surface area contributed by atoms with Gasteiger partial charge in [0.05, 0.1) is 6.61 Å². The number of hydrogen-bond acceptors (Lipinski definition) is 2. The standard InChI is InChI=1S/C15H19BrClNO2/c16-12-8-11(9-13(17)10-12)15(20)18(6-7-19)14-4-2-1-3-5-14/h8-10,14,19H,1-7H2. The number of benzene rings is 1. The van der Waals surface area contributed by atoms with Crippen molar-refractivity contribution in [1.29, 1.82) is 0 Å². The van der Waals surface area contributed by atoms with Crippen molar-refractivity contribution in [2.24, 2.45) is 0 Å². The Morgan fingerprint density at radius 3 is 2.60 bits per heavy atom. The number of amides is 1. The number of rotatable bonds is 4. The Hall–Kier alpha value is -0.580. The van der Waals surface area contributed by atoms with Gasteiger partial charge in [-0.3, -0.25) is 4.79 Å². The first-order valence-corrected chi connectivity index (χ1v) is 8.17. The van der Waals surface area contributed by atoms with Gasteiger partial charge in [0, 0.05) is 27.6 Å². The van der Waals surface area contributed by atoms with Gasteiger partial charge in [-0.2, -0.15) is 0 Å². The van der Waals surface area contributed by atoms with E-state index in [1.165, 1.54) is 6.42 Å². The molecular weight excluding hydrogens is 342 g/mol. The van der Waals surface area contributed by atoms with Crippen LogP contribution in [0.15, 0.2) is 22.7 Å². The molecule has 110 valence electrons. The summed E-state index contributed by atoms with van der Waals surface area (Å²) in [4.78, 5) is 14.5. The molecule has 20 heavy (non-hydrogen) atoms. The topological polar surface area (TPSA) is 40.5 Å². The molecule has 1 saturated carbocycles. The van der Waals surface area contributed by atoms with Crippen LogP contribution in [-0.4, -0.2) is 35.1 Å². The summed E-state index contributed by atoms with van der Waals surface area (Å²) in [5.74, 6) is -0.0471. The third-order valence-electron chi connectivity index (χ3n) is 3.73. The zero-order valence-electron chi connectivity index (χ0n) is 11.3. The van der Waals surface area contributed by atoms with E-state index in [0.717, 1.165) is 30.2 Å². The van der Waals surface area contributed by atoms with Crippen molar-refractivity contribution in [3.05, 3.63) is 33.3 Å². The second kappa shape index (κ2) is 7.43. The van der Waals surface area contributed by atoms with Crippen molar-refractivity contribution in [2.75, 3.05) is 13.2 Å². The number of halogens is 2. The molecule has 0 atom stereocenters. The SMILES string of the molecule is O=C(c1cc(Cl)cc(Br)c1)N(CCO)C1CCCCC1. The van der Waals surface area contributed by atoms with Crippen LogP contribution in [0.25, 0.3) is 0 Å². The minimum Gasteiger partial charge on any atom is -0.395 e. The van der Waals surface area contributed by atoms with Crippen LogP contribution in [0.1, 0.15) is 42.5 Å². The van der Waals surface area contributed by atoms with E-state index in [9.17, 15) is 9.90 Å². The number of carbonyl (C=O) groups is 1. The summed E-state index contributed by atoms with van der Waals surface area (Å²) in [6.45, 7) is 0.373. The molecular formula is C15H19BrClNO2. The molecule has 5 heteroatoms. The third-order valence-corrected chi connectivity index (χ3v) is 4.40. The Balaban J connectivity index is 2.20. The predicted octanol–water partition coefficient (Wildman–Crippen LogP) is 3.87. The lowest BCUT2D eigenvalue weighted by Gasteiger charge is -2.34. The summed E-state index contributed by atoms with van der Waals surface area (Å²) in [6.07, 6.45) is 5.58. The number of aliphatic hydroxyl groups excluding tert-OH is 1. The number of hydrogen-bond donors (Lipinski definition) is 1. The molecule has 1 aliphatic rings. The fourth-order valence-corrected chi connectivity index (χ4v) is 3.65. The zero-order chi connectivity index (χ0) is 14.5. The molecule has 0 saturated heterocycles. The van der Waals surface area contributed by atoms with E-state index >= 15 is 0 Å². The maximum atomic E-state index is 12.7. The van der Waals surface area contributed by atoms with Crippen LogP contribution in [0.4, 0.5) is 0 Å². The summed E-state index contributed by atoms with van der Waals surface area (Å²) in [5, 5.41) is 9.78. The summed E-state index contributed by atoms with van der Waals surface area (Å²) >= 11 is 9.37. The average Bonchev–Trinajstić information content (AvgIpc) is 2.44. The first-order valence-electron chi connectivity index (χ1n) is 6.99. The first-order chi connectivity index (χ1) is 9.61. The van der Waals surface area contributed by atoms with Crippen molar-refractivity contribution < 1.29 is 9.90 Å². The van der Waals surface area contributed by atoms with Crippen molar-refractivity contribution in [2.45, 2.75) is 38.1 Å². The molecule has 0 aromatic heterocycles. The lowest BCUT2D eigenvalue weighted by atomic mass is 9.93. The zero-order valence-corrected chi connectivity index (χ0v) is 13.7. The first kappa shape index (κ1) is 15.8. The molecule has 1 aliphatic carbocycles. The van der Waals surface area contributed by atoms with Gasteiger partial charge in [-0.25, -0.2) is 0 Å². The Morgan fingerprint density at radius 2 is 2.00 bits per heavy atom. The van der Waals surface area contributed by atoms with E-state index in [1.807, 2.05) is 0 Å². The van der Waals surface area contributed by atoms with E-state index in [4.69, 9.17) is 11.6 Å². The molecule has 0 radical (unpaired) electrons. The third kappa shape index (κ3) is 3.96. The smallest absolute Gasteiger partial charge is 0.254 e. The van der Waals surface area contributed by atoms with Crippen molar-refractivity contribution in [3.63, 3.8) is 0 Å². The summed E-state index contributed by atoms with van der Waals surface area (Å²) < 4.78 is 0.793. The van der Waals surface area contributed by atoms with Gasteiger partial charge < -0.3 is 10.0 Å². The molecule has 1 amide bonds. The van der Waals surface area contributed by atoms with Gasteiger partial charge >= 0.3 is 0 Å². The van der Waals surface area contributed by atoms with Gasteiger partial charge in [0.15, 0.2) is 0 Å². The number of nitrogens with zero attached hydrogens (tertiary/aromatic N) is 1. The molecule has 0 aliphatic heterocycles. The Bertz CT molecular complexity index is 455. The highest BCUT2D eigenvalue weighted by Gasteiger charge is 2.26. The Morgan fingerprint density at radius 1 is 1.30 bits per heavy atom. The van der Waals surface area contributed by atoms with Crippen molar-refractivity contribution >= 4 is 33.4 Å². The van der Waals surface area contributed by atoms with E-state index in [2.05, 4.69) is 15.9 Å². The normalized spacial score (nSPS) is 16.1. The molecule has 3 nitrogen and oxygen atoms in total. The molecule has 1 aromatic rings. The predicted molar refractivity (Wildman–Crippen MR) is 84.1 cm³/mol. The maximum Gasteiger partial charge on any atom is 0.254 e. The molecule has 2 rings (SSSR count). The second-order valence-corrected chi connectivity index (χ2v) is 6.52. The van der Waals surface area contributed by atoms with Crippen LogP contribution in [0.2, 0.25) is 5.02 Å². The maximum absolute atomic E-state index is 12.7. The lowest BCUT2D eigenvalue weighted by molar-refractivity contribution is 0.0585. The van der Waals surface area contributed by atoms with E-state index in [0.29, 0.717) is 17.1 Å². The minimum absolute atomic E-state index is 0.00995. The van der Waals surface area contributed by atoms with Crippen LogP contribution in [0.3, 0.4) is 0 Å². The molecule has 1 aromatic carbocycles. The monoisotopic (exact) mass is 359 g/mol. The lowest BCUT2D eigenvalue weighted by Crippen LogP contribution is -2.43. The summed E-state index contributed by atoms with van der Waals surface area (Å²) in [6, 6.07) is 5.46. The van der Waals surface area contributed by atoms with Crippen LogP contribution in [0, 0.1) is 0 Å². The number of aliphatic hydroxyl groups is 1. The van der Waals surface area contributed by atoms with Gasteiger partial charge in [0.25, 0.3) is 5.91 Å². The minimum atomic E-state index is -0.0471. The van der Waals surface area contributed by atoms with Gasteiger partial charge in [0.2, 0.25) is 0 Å². The van der Waals surface area contributed by atoms with Crippen molar-refractivity contribution in [1.82, 2.24) is 4.90 Å². The van der Waals surface area contributed by atoms with Gasteiger partial charge in [-0.05, 0) is 31.0 Å². The van der Waals surface area contributed by atoms with E-state index in [-0.39, 0.29) is 18.6 Å². The Kier molecular flexibility index (Phi) is 5.87. The van der Waals surface area contributed by atoms with E-state index < -0.39 is 0 Å². The quantitative estimate of drug-likeness (QED) is 0.885. The van der Waals surface area contributed by atoms with Crippen molar-refractivity contribution in [3.8, 4) is 0 Å². The largest absolute Gasteiger partial charge is 0.395 e. The van der Waals surface area contributed by atoms with Gasteiger partial charge in [0.1, 0.15) is 0 Å². The van der Waals surface area contributed by atoms with Gasteiger partial charge in [-0.1, -0.05) is 46.8 Å². The summed E-state index contributed by atoms with van der Waals surface area (Å²) in [5.41, 5.74) is 0.573.